The molecule has 0 unspecified atom stereocenters. The predicted octanol–water partition coefficient (Wildman–Crippen LogP) is 4.90. The molecule has 0 heterocycles. The van der Waals surface area contributed by atoms with Crippen LogP contribution in [0.2, 0.25) is 0 Å². The number of hydrogen-bond donors (Lipinski definition) is 0. The SMILES string of the molecule is CC(C)(C)c1ccc(C(=O)CC(=O)c2ccccc2)cc1.F[B]F. The molecule has 1 radical (unpaired) electrons. The van der Waals surface area contributed by atoms with Gasteiger partial charge in [0.2, 0.25) is 0 Å². The molecule has 0 saturated carbocycles. The number of halogens is 2. The number of Topliss-reactive ketones (excluding diaryl/α,β-unsaturated/α-hetero) is 2. The molecule has 0 aromatic heterocycles. The van der Waals surface area contributed by atoms with Gasteiger partial charge in [0, 0.05) is 11.1 Å². The summed E-state index contributed by atoms with van der Waals surface area (Å²) >= 11 is 0. The van der Waals surface area contributed by atoms with E-state index < -0.39 is 7.83 Å². The quantitative estimate of drug-likeness (QED) is 0.454. The van der Waals surface area contributed by atoms with Crippen LogP contribution in [0.1, 0.15) is 53.5 Å². The molecule has 0 N–H and O–H groups in total. The van der Waals surface area contributed by atoms with E-state index in [2.05, 4.69) is 20.8 Å². The summed E-state index contributed by atoms with van der Waals surface area (Å²) < 4.78 is 19.0. The van der Waals surface area contributed by atoms with Crippen molar-refractivity contribution >= 4 is 19.4 Å². The third-order valence-electron chi connectivity index (χ3n) is 3.49. The lowest BCUT2D eigenvalue weighted by Gasteiger charge is -2.18. The largest absolute Gasteiger partial charge is 0.577 e. The van der Waals surface area contributed by atoms with Crippen molar-refractivity contribution in [2.24, 2.45) is 0 Å². The Morgan fingerprint density at radius 1 is 0.833 bits per heavy atom. The van der Waals surface area contributed by atoms with Crippen molar-refractivity contribution in [3.05, 3.63) is 71.3 Å². The van der Waals surface area contributed by atoms with E-state index in [1.54, 1.807) is 36.4 Å². The summed E-state index contributed by atoms with van der Waals surface area (Å²) in [6.07, 6.45) is -0.0844. The molecule has 0 fully saturated rings. The van der Waals surface area contributed by atoms with Crippen LogP contribution in [0.15, 0.2) is 54.6 Å². The van der Waals surface area contributed by atoms with Crippen LogP contribution < -0.4 is 0 Å². The van der Waals surface area contributed by atoms with Crippen molar-refractivity contribution in [1.82, 2.24) is 0 Å². The van der Waals surface area contributed by atoms with Gasteiger partial charge in [-0.3, -0.25) is 18.2 Å². The molecule has 2 aromatic rings. The van der Waals surface area contributed by atoms with Crippen LogP contribution in [0.3, 0.4) is 0 Å². The first-order valence-corrected chi connectivity index (χ1v) is 7.53. The smallest absolute Gasteiger partial charge is 0.294 e. The number of rotatable bonds is 4. The summed E-state index contributed by atoms with van der Waals surface area (Å²) in [4.78, 5) is 24.2. The van der Waals surface area contributed by atoms with Gasteiger partial charge in [-0.1, -0.05) is 75.4 Å². The fourth-order valence-corrected chi connectivity index (χ4v) is 2.13. The summed E-state index contributed by atoms with van der Waals surface area (Å²) in [6.45, 7) is 6.38. The van der Waals surface area contributed by atoms with Gasteiger partial charge < -0.3 is 0 Å². The standard InChI is InChI=1S/C19H20O2.BF2/c1-19(2,3)16-11-9-15(10-12-16)18(21)13-17(20)14-7-5-4-6-8-14;2-1-3/h4-12H,13H2,1-3H3;. The Morgan fingerprint density at radius 2 is 1.25 bits per heavy atom. The topological polar surface area (TPSA) is 34.1 Å². The van der Waals surface area contributed by atoms with Gasteiger partial charge in [-0.2, -0.15) is 0 Å². The number of hydrogen-bond acceptors (Lipinski definition) is 2. The van der Waals surface area contributed by atoms with Crippen LogP contribution in [0, 0.1) is 0 Å². The second-order valence-corrected chi connectivity index (χ2v) is 6.30. The van der Waals surface area contributed by atoms with Gasteiger partial charge >= 0.3 is 7.83 Å². The van der Waals surface area contributed by atoms with Crippen molar-refractivity contribution in [2.45, 2.75) is 32.6 Å². The van der Waals surface area contributed by atoms with Gasteiger partial charge in [0.25, 0.3) is 0 Å². The van der Waals surface area contributed by atoms with Gasteiger partial charge in [-0.25, -0.2) is 0 Å². The molecular weight excluding hydrogens is 309 g/mol. The van der Waals surface area contributed by atoms with Gasteiger partial charge in [0.05, 0.1) is 6.42 Å². The molecule has 125 valence electrons. The molecule has 0 aliphatic carbocycles. The van der Waals surface area contributed by atoms with E-state index in [4.69, 9.17) is 0 Å². The first kappa shape index (κ1) is 19.8. The third kappa shape index (κ3) is 6.07. The van der Waals surface area contributed by atoms with Crippen LogP contribution >= 0.6 is 0 Å². The van der Waals surface area contributed by atoms with Gasteiger partial charge in [0.15, 0.2) is 11.6 Å². The van der Waals surface area contributed by atoms with Gasteiger partial charge in [0.1, 0.15) is 0 Å². The molecule has 0 bridgehead atoms. The van der Waals surface area contributed by atoms with E-state index in [1.807, 2.05) is 18.2 Å². The molecule has 0 aliphatic rings. The van der Waals surface area contributed by atoms with E-state index >= 15 is 0 Å². The monoisotopic (exact) mass is 329 g/mol. The Hall–Kier alpha value is -2.30. The van der Waals surface area contributed by atoms with Crippen LogP contribution in [0.5, 0.6) is 0 Å². The van der Waals surface area contributed by atoms with Gasteiger partial charge in [-0.15, -0.1) is 0 Å². The zero-order valence-corrected chi connectivity index (χ0v) is 14.1. The summed E-state index contributed by atoms with van der Waals surface area (Å²) in [7, 11) is -1.00. The fourth-order valence-electron chi connectivity index (χ4n) is 2.13. The van der Waals surface area contributed by atoms with Crippen LogP contribution in [-0.4, -0.2) is 19.4 Å². The Balaban J connectivity index is 0.000000891. The average molecular weight is 329 g/mol. The molecular formula is C19H20BF2O2. The summed E-state index contributed by atoms with van der Waals surface area (Å²) in [5.74, 6) is -0.273. The Labute approximate surface area is 142 Å². The van der Waals surface area contributed by atoms with E-state index in [0.717, 1.165) is 0 Å². The Kier molecular flexibility index (Phi) is 7.50. The number of ketones is 2. The molecule has 24 heavy (non-hydrogen) atoms. The molecule has 0 amide bonds. The summed E-state index contributed by atoms with van der Waals surface area (Å²) in [5, 5.41) is 0. The summed E-state index contributed by atoms with van der Waals surface area (Å²) in [6, 6.07) is 16.5. The first-order valence-electron chi connectivity index (χ1n) is 7.53. The molecule has 0 spiro atoms. The normalized spacial score (nSPS) is 10.4. The van der Waals surface area contributed by atoms with Crippen molar-refractivity contribution in [1.29, 1.82) is 0 Å². The Morgan fingerprint density at radius 3 is 1.67 bits per heavy atom. The van der Waals surface area contributed by atoms with Gasteiger partial charge in [-0.05, 0) is 11.0 Å². The number of benzene rings is 2. The lowest BCUT2D eigenvalue weighted by molar-refractivity contribution is 0.0894. The van der Waals surface area contributed by atoms with E-state index in [9.17, 15) is 18.2 Å². The maximum Gasteiger partial charge on any atom is 0.577 e. The van der Waals surface area contributed by atoms with Crippen molar-refractivity contribution < 1.29 is 18.2 Å². The minimum Gasteiger partial charge on any atom is -0.294 e. The zero-order chi connectivity index (χ0) is 18.2. The Bertz CT molecular complexity index is 662. The fraction of sp³-hybridized carbons (Fsp3) is 0.263. The highest BCUT2D eigenvalue weighted by Crippen LogP contribution is 2.22. The second kappa shape index (κ2) is 9.11. The summed E-state index contributed by atoms with van der Waals surface area (Å²) in [5.41, 5.74) is 2.40. The lowest BCUT2D eigenvalue weighted by Crippen LogP contribution is -2.12. The molecule has 2 aromatic carbocycles. The van der Waals surface area contributed by atoms with Crippen molar-refractivity contribution in [3.8, 4) is 0 Å². The highest BCUT2D eigenvalue weighted by Gasteiger charge is 2.16. The van der Waals surface area contributed by atoms with Crippen LogP contribution in [-0.2, 0) is 5.41 Å². The third-order valence-corrected chi connectivity index (χ3v) is 3.49. The lowest BCUT2D eigenvalue weighted by atomic mass is 9.86. The van der Waals surface area contributed by atoms with Crippen molar-refractivity contribution in [3.63, 3.8) is 0 Å². The minimum atomic E-state index is -1.00. The molecule has 5 heteroatoms. The molecule has 2 rings (SSSR count). The second-order valence-electron chi connectivity index (χ2n) is 6.30. The average Bonchev–Trinajstić information content (AvgIpc) is 2.55. The van der Waals surface area contributed by atoms with E-state index in [-0.39, 0.29) is 23.4 Å². The molecule has 0 saturated heterocycles. The van der Waals surface area contributed by atoms with E-state index in [0.29, 0.717) is 11.1 Å². The van der Waals surface area contributed by atoms with Crippen molar-refractivity contribution in [2.75, 3.05) is 0 Å². The zero-order valence-electron chi connectivity index (χ0n) is 14.1. The van der Waals surface area contributed by atoms with E-state index in [1.165, 1.54) is 5.56 Å². The number of carbonyl (C=O) groups is 2. The highest BCUT2D eigenvalue weighted by molar-refractivity contribution is 6.15. The maximum atomic E-state index is 12.2. The predicted molar refractivity (Wildman–Crippen MR) is 92.8 cm³/mol. The van der Waals surface area contributed by atoms with Crippen LogP contribution in [0.25, 0.3) is 0 Å². The molecule has 2 nitrogen and oxygen atoms in total. The molecule has 0 atom stereocenters. The first-order chi connectivity index (χ1) is 11.3. The van der Waals surface area contributed by atoms with Crippen LogP contribution in [0.4, 0.5) is 8.63 Å². The highest BCUT2D eigenvalue weighted by atomic mass is 19.2. The maximum absolute atomic E-state index is 12.2. The molecule has 0 aliphatic heterocycles. The number of carbonyl (C=O) groups excluding carboxylic acids is 2. The minimum absolute atomic E-state index is 0.0570.